The topological polar surface area (TPSA) is 32.3 Å². The summed E-state index contributed by atoms with van der Waals surface area (Å²) in [5, 5.41) is 11.7. The molecule has 0 saturated heterocycles. The van der Waals surface area contributed by atoms with Crippen molar-refractivity contribution in [2.24, 2.45) is 0 Å². The van der Waals surface area contributed by atoms with Crippen LogP contribution in [0, 0.1) is 0 Å². The van der Waals surface area contributed by atoms with Crippen molar-refractivity contribution >= 4 is 12.6 Å². The quantitative estimate of drug-likeness (QED) is 0.382. The Morgan fingerprint density at radius 2 is 2.12 bits per heavy atom. The van der Waals surface area contributed by atoms with Crippen molar-refractivity contribution in [3.63, 3.8) is 0 Å². The molecule has 0 aliphatic carbocycles. The lowest BCUT2D eigenvalue weighted by Gasteiger charge is -2.12. The molecule has 0 bridgehead atoms. The third-order valence-electron chi connectivity index (χ3n) is 0.800. The molecule has 0 aromatic rings. The van der Waals surface area contributed by atoms with Crippen molar-refractivity contribution in [1.29, 1.82) is 0 Å². The van der Waals surface area contributed by atoms with E-state index in [9.17, 15) is 0 Å². The van der Waals surface area contributed by atoms with Gasteiger partial charge in [-0.3, -0.25) is 0 Å². The summed E-state index contributed by atoms with van der Waals surface area (Å²) in [6, 6.07) is 0.155. The Morgan fingerprint density at radius 1 is 1.62 bits per heavy atom. The molecule has 2 N–H and O–H groups in total. The molecule has 0 aliphatic heterocycles. The van der Waals surface area contributed by atoms with Gasteiger partial charge in [-0.25, -0.2) is 0 Å². The van der Waals surface area contributed by atoms with Gasteiger partial charge in [0.15, 0.2) is 0 Å². The van der Waals surface area contributed by atoms with Gasteiger partial charge in [-0.1, -0.05) is 0 Å². The highest BCUT2D eigenvalue weighted by Gasteiger charge is 1.99. The van der Waals surface area contributed by atoms with E-state index in [4.69, 9.17) is 5.11 Å². The largest absolute Gasteiger partial charge is 0.395 e. The fourth-order valence-corrected chi connectivity index (χ4v) is 0.719. The summed E-state index contributed by atoms with van der Waals surface area (Å²) in [5.41, 5.74) is 0. The summed E-state index contributed by atoms with van der Waals surface area (Å²) < 4.78 is 0. The van der Waals surface area contributed by atoms with Gasteiger partial charge >= 0.3 is 0 Å². The third kappa shape index (κ3) is 4.43. The van der Waals surface area contributed by atoms with Gasteiger partial charge < -0.3 is 10.4 Å². The summed E-state index contributed by atoms with van der Waals surface area (Å²) in [4.78, 5) is 0. The van der Waals surface area contributed by atoms with E-state index in [2.05, 4.69) is 17.9 Å². The second kappa shape index (κ2) is 4.18. The van der Waals surface area contributed by atoms with Gasteiger partial charge in [-0.2, -0.15) is 12.6 Å². The van der Waals surface area contributed by atoms with Gasteiger partial charge in [0.2, 0.25) is 0 Å². The summed E-state index contributed by atoms with van der Waals surface area (Å²) in [6.45, 7) is 4.01. The first-order chi connectivity index (χ1) is 3.66. The van der Waals surface area contributed by atoms with Gasteiger partial charge in [-0.05, 0) is 13.8 Å². The van der Waals surface area contributed by atoms with Gasteiger partial charge in [0.05, 0.1) is 6.61 Å². The Balaban J connectivity index is 3.10. The highest BCUT2D eigenvalue weighted by atomic mass is 32.1. The Morgan fingerprint density at radius 3 is 2.25 bits per heavy atom. The van der Waals surface area contributed by atoms with Crippen LogP contribution >= 0.6 is 12.6 Å². The SMILES string of the molecule is CC(S)N[C@H](C)CO. The summed E-state index contributed by atoms with van der Waals surface area (Å²) >= 11 is 4.07. The molecule has 0 amide bonds. The fraction of sp³-hybridized carbons (Fsp3) is 1.00. The van der Waals surface area contributed by atoms with Crippen LogP contribution in [0.25, 0.3) is 0 Å². The zero-order valence-electron chi connectivity index (χ0n) is 5.26. The molecule has 50 valence electrons. The first kappa shape index (κ1) is 8.27. The lowest BCUT2D eigenvalue weighted by molar-refractivity contribution is 0.251. The molecule has 0 fully saturated rings. The fourth-order valence-electron chi connectivity index (χ4n) is 0.464. The van der Waals surface area contributed by atoms with E-state index < -0.39 is 0 Å². The number of thiol groups is 1. The van der Waals surface area contributed by atoms with Gasteiger partial charge in [0.1, 0.15) is 0 Å². The normalized spacial score (nSPS) is 18.0. The maximum absolute atomic E-state index is 8.49. The van der Waals surface area contributed by atoms with Crippen LogP contribution in [0.3, 0.4) is 0 Å². The minimum Gasteiger partial charge on any atom is -0.395 e. The molecular weight excluding hydrogens is 122 g/mol. The van der Waals surface area contributed by atoms with E-state index in [0.717, 1.165) is 0 Å². The van der Waals surface area contributed by atoms with Crippen molar-refractivity contribution in [3.05, 3.63) is 0 Å². The molecule has 0 rings (SSSR count). The van der Waals surface area contributed by atoms with Crippen molar-refractivity contribution in [2.45, 2.75) is 25.3 Å². The number of aliphatic hydroxyl groups is 1. The van der Waals surface area contributed by atoms with Crippen LogP contribution < -0.4 is 5.32 Å². The lowest BCUT2D eigenvalue weighted by Crippen LogP contribution is -2.33. The zero-order chi connectivity index (χ0) is 6.57. The molecule has 0 saturated carbocycles. The van der Waals surface area contributed by atoms with Crippen LogP contribution in [-0.2, 0) is 0 Å². The predicted octanol–water partition coefficient (Wildman–Crippen LogP) is 0.233. The van der Waals surface area contributed by atoms with E-state index in [1.165, 1.54) is 0 Å². The van der Waals surface area contributed by atoms with Crippen LogP contribution in [-0.4, -0.2) is 23.1 Å². The number of aliphatic hydroxyl groups excluding tert-OH is 1. The van der Waals surface area contributed by atoms with E-state index in [1.54, 1.807) is 0 Å². The molecule has 0 spiro atoms. The second-order valence-corrected chi connectivity index (χ2v) is 2.70. The smallest absolute Gasteiger partial charge is 0.0582 e. The Labute approximate surface area is 55.7 Å². The van der Waals surface area contributed by atoms with Crippen LogP contribution in [0.2, 0.25) is 0 Å². The molecule has 0 radical (unpaired) electrons. The van der Waals surface area contributed by atoms with E-state index >= 15 is 0 Å². The van der Waals surface area contributed by atoms with Crippen molar-refractivity contribution in [3.8, 4) is 0 Å². The van der Waals surface area contributed by atoms with Crippen molar-refractivity contribution in [1.82, 2.24) is 5.32 Å². The monoisotopic (exact) mass is 135 g/mol. The molecular formula is C5H13NOS. The lowest BCUT2D eigenvalue weighted by atomic mass is 10.4. The predicted molar refractivity (Wildman–Crippen MR) is 38.1 cm³/mol. The molecule has 0 heterocycles. The van der Waals surface area contributed by atoms with E-state index in [0.29, 0.717) is 0 Å². The average Bonchev–Trinajstić information content (AvgIpc) is 1.65. The first-order valence-electron chi connectivity index (χ1n) is 2.71. The minimum atomic E-state index is 0.155. The maximum Gasteiger partial charge on any atom is 0.0582 e. The zero-order valence-corrected chi connectivity index (χ0v) is 6.15. The average molecular weight is 135 g/mol. The second-order valence-electron chi connectivity index (χ2n) is 1.93. The Bertz CT molecular complexity index is 58.4. The number of rotatable bonds is 3. The molecule has 8 heavy (non-hydrogen) atoms. The van der Waals surface area contributed by atoms with Gasteiger partial charge in [0, 0.05) is 11.4 Å². The molecule has 0 aliphatic rings. The molecule has 2 atom stereocenters. The van der Waals surface area contributed by atoms with Crippen LogP contribution in [0.4, 0.5) is 0 Å². The summed E-state index contributed by atoms with van der Waals surface area (Å²) in [6.07, 6.45) is 0. The number of nitrogens with one attached hydrogen (secondary N) is 1. The Hall–Kier alpha value is 0.270. The highest BCUT2D eigenvalue weighted by molar-refractivity contribution is 7.80. The first-order valence-corrected chi connectivity index (χ1v) is 3.23. The molecule has 0 aromatic heterocycles. The van der Waals surface area contributed by atoms with Crippen LogP contribution in [0.15, 0.2) is 0 Å². The van der Waals surface area contributed by atoms with Gasteiger partial charge in [0.25, 0.3) is 0 Å². The maximum atomic E-state index is 8.49. The van der Waals surface area contributed by atoms with Gasteiger partial charge in [-0.15, -0.1) is 0 Å². The molecule has 2 nitrogen and oxygen atoms in total. The highest BCUT2D eigenvalue weighted by Crippen LogP contribution is 1.88. The standard InChI is InChI=1S/C5H13NOS/c1-4(3-7)6-5(2)8/h4-8H,3H2,1-2H3/t4-,5?/m1/s1. The minimum absolute atomic E-state index is 0.155. The summed E-state index contributed by atoms with van der Waals surface area (Å²) in [7, 11) is 0. The summed E-state index contributed by atoms with van der Waals surface area (Å²) in [5.74, 6) is 0. The molecule has 3 heteroatoms. The van der Waals surface area contributed by atoms with Crippen LogP contribution in [0.5, 0.6) is 0 Å². The van der Waals surface area contributed by atoms with E-state index in [1.807, 2.05) is 13.8 Å². The number of hydrogen-bond acceptors (Lipinski definition) is 3. The number of hydrogen-bond donors (Lipinski definition) is 3. The van der Waals surface area contributed by atoms with Crippen LogP contribution in [0.1, 0.15) is 13.8 Å². The third-order valence-corrected chi connectivity index (χ3v) is 0.949. The molecule has 0 aromatic carbocycles. The Kier molecular flexibility index (Phi) is 4.32. The van der Waals surface area contributed by atoms with Crippen molar-refractivity contribution in [2.75, 3.05) is 6.61 Å². The molecule has 1 unspecified atom stereocenters. The van der Waals surface area contributed by atoms with Crippen molar-refractivity contribution < 1.29 is 5.11 Å². The van der Waals surface area contributed by atoms with E-state index in [-0.39, 0.29) is 18.0 Å².